The summed E-state index contributed by atoms with van der Waals surface area (Å²) < 4.78 is 4.64. The van der Waals surface area contributed by atoms with Crippen LogP contribution >= 0.6 is 0 Å². The zero-order valence-electron chi connectivity index (χ0n) is 11.9. The molecule has 23 heavy (non-hydrogen) atoms. The second-order valence-corrected chi connectivity index (χ2v) is 5.60. The Balaban J connectivity index is 1.75. The number of Topliss-reactive ketones (excluding diaryl/α,β-unsaturated/α-hetero) is 2. The van der Waals surface area contributed by atoms with Gasteiger partial charge in [0.1, 0.15) is 0 Å². The highest BCUT2D eigenvalue weighted by Gasteiger charge is 2.32. The standard InChI is InChI=1S/C18H10O5/c19-14-8-15(20)13-7-9(4-5-11(13)14)6-10-2-1-3-12-16(10)18(22)23-17(12)21/h1-5,7H,6,8H2. The summed E-state index contributed by atoms with van der Waals surface area (Å²) in [6.07, 6.45) is 0.292. The summed E-state index contributed by atoms with van der Waals surface area (Å²) in [7, 11) is 0. The molecule has 4 rings (SSSR count). The smallest absolute Gasteiger partial charge is 0.347 e. The second-order valence-electron chi connectivity index (χ2n) is 5.60. The van der Waals surface area contributed by atoms with Crippen LogP contribution in [0.1, 0.15) is 59.0 Å². The summed E-state index contributed by atoms with van der Waals surface area (Å²) in [6.45, 7) is 0. The molecule has 0 spiro atoms. The summed E-state index contributed by atoms with van der Waals surface area (Å²) in [4.78, 5) is 46.9. The van der Waals surface area contributed by atoms with E-state index < -0.39 is 11.9 Å². The highest BCUT2D eigenvalue weighted by Crippen LogP contribution is 2.28. The van der Waals surface area contributed by atoms with Crippen LogP contribution in [0.25, 0.3) is 0 Å². The lowest BCUT2D eigenvalue weighted by atomic mass is 9.95. The highest BCUT2D eigenvalue weighted by atomic mass is 16.6. The first-order chi connectivity index (χ1) is 11.0. The van der Waals surface area contributed by atoms with Gasteiger partial charge in [-0.25, -0.2) is 9.59 Å². The van der Waals surface area contributed by atoms with E-state index in [1.54, 1.807) is 36.4 Å². The van der Waals surface area contributed by atoms with Crippen LogP contribution in [0, 0.1) is 0 Å². The van der Waals surface area contributed by atoms with Crippen LogP contribution in [0.3, 0.4) is 0 Å². The van der Waals surface area contributed by atoms with Crippen molar-refractivity contribution in [1.82, 2.24) is 0 Å². The van der Waals surface area contributed by atoms with Crippen LogP contribution < -0.4 is 0 Å². The number of carbonyl (C=O) groups excluding carboxylic acids is 4. The number of fused-ring (bicyclic) bond motifs is 2. The van der Waals surface area contributed by atoms with Crippen molar-refractivity contribution in [2.24, 2.45) is 0 Å². The molecule has 2 aliphatic rings. The number of ether oxygens (including phenoxy) is 1. The molecular formula is C18H10O5. The minimum absolute atomic E-state index is 0.0830. The molecule has 0 aromatic heterocycles. The van der Waals surface area contributed by atoms with E-state index in [0.717, 1.165) is 5.56 Å². The van der Waals surface area contributed by atoms with Crippen LogP contribution in [0.5, 0.6) is 0 Å². The molecule has 0 radical (unpaired) electrons. The average molecular weight is 306 g/mol. The SMILES string of the molecule is O=C1CC(=O)c2cc(Cc3cccc4c3C(=O)OC4=O)ccc21. The Morgan fingerprint density at radius 1 is 0.826 bits per heavy atom. The van der Waals surface area contributed by atoms with Crippen LogP contribution in [0.2, 0.25) is 0 Å². The number of rotatable bonds is 2. The average Bonchev–Trinajstić information content (AvgIpc) is 2.97. The van der Waals surface area contributed by atoms with Gasteiger partial charge in [-0.3, -0.25) is 9.59 Å². The van der Waals surface area contributed by atoms with Gasteiger partial charge in [-0.1, -0.05) is 24.3 Å². The maximum atomic E-state index is 11.8. The lowest BCUT2D eigenvalue weighted by Gasteiger charge is -2.07. The van der Waals surface area contributed by atoms with Crippen molar-refractivity contribution in [2.75, 3.05) is 0 Å². The normalized spacial score (nSPS) is 15.7. The third-order valence-corrected chi connectivity index (χ3v) is 4.16. The summed E-state index contributed by atoms with van der Waals surface area (Å²) in [5.41, 5.74) is 2.88. The van der Waals surface area contributed by atoms with Crippen LogP contribution in [-0.4, -0.2) is 23.5 Å². The zero-order chi connectivity index (χ0) is 16.1. The molecule has 0 atom stereocenters. The largest absolute Gasteiger partial charge is 0.386 e. The van der Waals surface area contributed by atoms with Gasteiger partial charge in [0.15, 0.2) is 11.6 Å². The fraction of sp³-hybridized carbons (Fsp3) is 0.111. The fourth-order valence-corrected chi connectivity index (χ4v) is 3.08. The van der Waals surface area contributed by atoms with Gasteiger partial charge < -0.3 is 4.74 Å². The van der Waals surface area contributed by atoms with E-state index in [4.69, 9.17) is 0 Å². The van der Waals surface area contributed by atoms with E-state index in [0.29, 0.717) is 23.1 Å². The van der Waals surface area contributed by atoms with Crippen LogP contribution in [0.15, 0.2) is 36.4 Å². The van der Waals surface area contributed by atoms with Gasteiger partial charge in [0.05, 0.1) is 17.5 Å². The molecular weight excluding hydrogens is 296 g/mol. The van der Waals surface area contributed by atoms with Gasteiger partial charge in [0, 0.05) is 11.1 Å². The zero-order valence-corrected chi connectivity index (χ0v) is 11.9. The predicted molar refractivity (Wildman–Crippen MR) is 78.7 cm³/mol. The number of ketones is 2. The number of benzene rings is 2. The minimum Gasteiger partial charge on any atom is -0.386 e. The summed E-state index contributed by atoms with van der Waals surface area (Å²) in [5, 5.41) is 0. The van der Waals surface area contributed by atoms with Gasteiger partial charge in [0.25, 0.3) is 0 Å². The quantitative estimate of drug-likeness (QED) is 0.628. The minimum atomic E-state index is -0.645. The van der Waals surface area contributed by atoms with E-state index in [2.05, 4.69) is 4.74 Å². The molecule has 0 saturated carbocycles. The van der Waals surface area contributed by atoms with E-state index in [1.807, 2.05) is 0 Å². The Morgan fingerprint density at radius 3 is 2.43 bits per heavy atom. The Kier molecular flexibility index (Phi) is 2.78. The van der Waals surface area contributed by atoms with Crippen molar-refractivity contribution in [1.29, 1.82) is 0 Å². The first kappa shape index (κ1) is 13.6. The molecule has 0 N–H and O–H groups in total. The van der Waals surface area contributed by atoms with Gasteiger partial charge in [-0.05, 0) is 29.7 Å². The Morgan fingerprint density at radius 2 is 1.61 bits per heavy atom. The molecule has 0 amide bonds. The number of cyclic esters (lactones) is 2. The topological polar surface area (TPSA) is 77.5 Å². The summed E-state index contributed by atoms with van der Waals surface area (Å²) >= 11 is 0. The van der Waals surface area contributed by atoms with Gasteiger partial charge in [-0.2, -0.15) is 0 Å². The third-order valence-electron chi connectivity index (χ3n) is 4.16. The van der Waals surface area contributed by atoms with Gasteiger partial charge >= 0.3 is 11.9 Å². The number of esters is 2. The maximum Gasteiger partial charge on any atom is 0.347 e. The predicted octanol–water partition coefficient (Wildman–Crippen LogP) is 2.36. The second kappa shape index (κ2) is 4.71. The van der Waals surface area contributed by atoms with E-state index >= 15 is 0 Å². The van der Waals surface area contributed by atoms with Crippen molar-refractivity contribution < 1.29 is 23.9 Å². The Hall–Kier alpha value is -3.08. The van der Waals surface area contributed by atoms with E-state index in [-0.39, 0.29) is 29.1 Å². The molecule has 2 aromatic rings. The molecule has 1 aliphatic carbocycles. The fourth-order valence-electron chi connectivity index (χ4n) is 3.08. The number of hydrogen-bond donors (Lipinski definition) is 0. The number of carbonyl (C=O) groups is 4. The molecule has 1 aliphatic heterocycles. The molecule has 5 nitrogen and oxygen atoms in total. The van der Waals surface area contributed by atoms with Crippen LogP contribution in [0.4, 0.5) is 0 Å². The molecule has 112 valence electrons. The summed E-state index contributed by atoms with van der Waals surface area (Å²) in [6, 6.07) is 10.1. The maximum absolute atomic E-state index is 11.8. The molecule has 0 fully saturated rings. The molecule has 0 bridgehead atoms. The van der Waals surface area contributed by atoms with Crippen molar-refractivity contribution in [3.8, 4) is 0 Å². The highest BCUT2D eigenvalue weighted by molar-refractivity contribution is 6.24. The molecule has 0 unspecified atom stereocenters. The molecule has 0 saturated heterocycles. The Labute approximate surface area is 130 Å². The van der Waals surface area contributed by atoms with Gasteiger partial charge in [-0.15, -0.1) is 0 Å². The lowest BCUT2D eigenvalue weighted by molar-refractivity contribution is 0.0443. The molecule has 2 aromatic carbocycles. The van der Waals surface area contributed by atoms with Crippen molar-refractivity contribution in [3.05, 3.63) is 69.8 Å². The van der Waals surface area contributed by atoms with Crippen molar-refractivity contribution >= 4 is 23.5 Å². The van der Waals surface area contributed by atoms with E-state index in [9.17, 15) is 19.2 Å². The molecule has 1 heterocycles. The lowest BCUT2D eigenvalue weighted by Crippen LogP contribution is -2.02. The first-order valence-electron chi connectivity index (χ1n) is 7.12. The van der Waals surface area contributed by atoms with Crippen molar-refractivity contribution in [2.45, 2.75) is 12.8 Å². The van der Waals surface area contributed by atoms with Crippen molar-refractivity contribution in [3.63, 3.8) is 0 Å². The third kappa shape index (κ3) is 2.01. The Bertz CT molecular complexity index is 923. The van der Waals surface area contributed by atoms with Crippen LogP contribution in [-0.2, 0) is 11.2 Å². The first-order valence-corrected chi connectivity index (χ1v) is 7.12. The van der Waals surface area contributed by atoms with Gasteiger partial charge in [0.2, 0.25) is 0 Å². The summed E-state index contributed by atoms with van der Waals surface area (Å²) in [5.74, 6) is -1.62. The number of hydrogen-bond acceptors (Lipinski definition) is 5. The molecule has 5 heteroatoms. The van der Waals surface area contributed by atoms with E-state index in [1.165, 1.54) is 0 Å². The monoisotopic (exact) mass is 306 g/mol.